The summed E-state index contributed by atoms with van der Waals surface area (Å²) in [5.74, 6) is 0. The van der Waals surface area contributed by atoms with E-state index in [1.165, 1.54) is 0 Å². The second-order valence-electron chi connectivity index (χ2n) is 5.08. The number of anilines is 3. The average molecular weight is 354 g/mol. The highest BCUT2D eigenvalue weighted by molar-refractivity contribution is 7.80. The molecule has 0 aliphatic heterocycles. The van der Waals surface area contributed by atoms with Crippen molar-refractivity contribution in [3.8, 4) is 0 Å². The molecule has 0 spiro atoms. The van der Waals surface area contributed by atoms with Crippen molar-refractivity contribution in [3.63, 3.8) is 0 Å². The van der Waals surface area contributed by atoms with Gasteiger partial charge in [0.2, 0.25) is 0 Å². The van der Waals surface area contributed by atoms with Gasteiger partial charge in [-0.05, 0) is 54.7 Å². The molecule has 3 aromatic carbocycles. The maximum Gasteiger partial charge on any atom is 0.190 e. The Morgan fingerprint density at radius 3 is 1.92 bits per heavy atom. The maximum atomic E-state index is 6.01. The summed E-state index contributed by atoms with van der Waals surface area (Å²) in [5.41, 5.74) is 6.03. The van der Waals surface area contributed by atoms with E-state index in [4.69, 9.17) is 23.8 Å². The van der Waals surface area contributed by atoms with Crippen LogP contribution in [0.3, 0.4) is 0 Å². The zero-order chi connectivity index (χ0) is 16.8. The normalized spacial score (nSPS) is 10.0. The summed E-state index contributed by atoms with van der Waals surface area (Å²) in [7, 11) is 0. The molecule has 0 saturated carbocycles. The average Bonchev–Trinajstić information content (AvgIpc) is 2.61. The Kier molecular flexibility index (Phi) is 5.31. The quantitative estimate of drug-likeness (QED) is 0.486. The molecule has 0 aliphatic rings. The molecule has 0 radical (unpaired) electrons. The molecular weight excluding hydrogens is 338 g/mol. The molecule has 0 unspecified atom stereocenters. The van der Waals surface area contributed by atoms with Gasteiger partial charge in [-0.3, -0.25) is 10.4 Å². The predicted octanol–water partition coefficient (Wildman–Crippen LogP) is 5.38. The van der Waals surface area contributed by atoms with Crippen LogP contribution in [0.2, 0.25) is 5.02 Å². The van der Waals surface area contributed by atoms with E-state index < -0.39 is 0 Å². The van der Waals surface area contributed by atoms with Gasteiger partial charge in [-0.25, -0.2) is 0 Å². The highest BCUT2D eigenvalue weighted by Gasteiger charge is 2.10. The van der Waals surface area contributed by atoms with Crippen molar-refractivity contribution >= 4 is 46.0 Å². The van der Waals surface area contributed by atoms with Crippen molar-refractivity contribution in [1.29, 1.82) is 0 Å². The van der Waals surface area contributed by atoms with Crippen molar-refractivity contribution in [2.45, 2.75) is 0 Å². The number of hydrazine groups is 1. The number of nitrogens with one attached hydrogen (secondary N) is 2. The lowest BCUT2D eigenvalue weighted by molar-refractivity contribution is 0.943. The predicted molar refractivity (Wildman–Crippen MR) is 106 cm³/mol. The Hall–Kier alpha value is -2.56. The largest absolute Gasteiger partial charge is 0.331 e. The number of benzene rings is 3. The Balaban J connectivity index is 1.80. The molecule has 0 bridgehead atoms. The summed E-state index contributed by atoms with van der Waals surface area (Å²) >= 11 is 11.5. The number of halogens is 1. The van der Waals surface area contributed by atoms with E-state index in [0.29, 0.717) is 10.1 Å². The first-order valence-corrected chi connectivity index (χ1v) is 8.24. The molecule has 0 amide bonds. The first-order valence-electron chi connectivity index (χ1n) is 7.46. The highest BCUT2D eigenvalue weighted by Crippen LogP contribution is 2.22. The van der Waals surface area contributed by atoms with Crippen LogP contribution < -0.4 is 15.8 Å². The monoisotopic (exact) mass is 353 g/mol. The summed E-state index contributed by atoms with van der Waals surface area (Å²) in [4.78, 5) is 0. The van der Waals surface area contributed by atoms with Gasteiger partial charge in [0.15, 0.2) is 5.11 Å². The van der Waals surface area contributed by atoms with E-state index in [9.17, 15) is 0 Å². The van der Waals surface area contributed by atoms with E-state index in [1.807, 2.05) is 89.9 Å². The minimum atomic E-state index is 0.477. The van der Waals surface area contributed by atoms with Crippen LogP contribution in [0, 0.1) is 0 Å². The first-order chi connectivity index (χ1) is 11.7. The van der Waals surface area contributed by atoms with Gasteiger partial charge in [-0.15, -0.1) is 0 Å². The van der Waals surface area contributed by atoms with Crippen LogP contribution >= 0.6 is 23.8 Å². The van der Waals surface area contributed by atoms with Crippen molar-refractivity contribution in [2.75, 3.05) is 10.3 Å². The second kappa shape index (κ2) is 7.81. The van der Waals surface area contributed by atoms with Crippen LogP contribution in [0.25, 0.3) is 0 Å². The molecule has 0 fully saturated rings. The van der Waals surface area contributed by atoms with Gasteiger partial charge in [0.25, 0.3) is 0 Å². The Labute approximate surface area is 151 Å². The number of rotatable bonds is 4. The molecule has 0 heterocycles. The van der Waals surface area contributed by atoms with E-state index in [-0.39, 0.29) is 0 Å². The highest BCUT2D eigenvalue weighted by atomic mass is 35.5. The summed E-state index contributed by atoms with van der Waals surface area (Å²) in [6.07, 6.45) is 0. The van der Waals surface area contributed by atoms with Crippen molar-refractivity contribution < 1.29 is 0 Å². The molecule has 0 atom stereocenters. The lowest BCUT2D eigenvalue weighted by atomic mass is 10.2. The van der Waals surface area contributed by atoms with Crippen LogP contribution in [-0.4, -0.2) is 5.11 Å². The van der Waals surface area contributed by atoms with E-state index in [1.54, 1.807) is 0 Å². The molecule has 3 nitrogen and oxygen atoms in total. The van der Waals surface area contributed by atoms with Crippen molar-refractivity contribution in [3.05, 3.63) is 90.0 Å². The number of para-hydroxylation sites is 2. The smallest absolute Gasteiger partial charge is 0.190 e. The van der Waals surface area contributed by atoms with Crippen LogP contribution in [-0.2, 0) is 0 Å². The summed E-state index contributed by atoms with van der Waals surface area (Å²) < 4.78 is 0. The molecule has 24 heavy (non-hydrogen) atoms. The van der Waals surface area contributed by atoms with Gasteiger partial charge in [0, 0.05) is 10.7 Å². The summed E-state index contributed by atoms with van der Waals surface area (Å²) in [5, 5.41) is 6.21. The fraction of sp³-hybridized carbons (Fsp3) is 0. The molecule has 0 aliphatic carbocycles. The van der Waals surface area contributed by atoms with Crippen LogP contribution in [0.15, 0.2) is 84.9 Å². The molecule has 0 saturated heterocycles. The molecule has 2 N–H and O–H groups in total. The fourth-order valence-corrected chi connectivity index (χ4v) is 2.66. The van der Waals surface area contributed by atoms with E-state index >= 15 is 0 Å². The lowest BCUT2D eigenvalue weighted by Gasteiger charge is -2.27. The topological polar surface area (TPSA) is 27.3 Å². The Morgan fingerprint density at radius 1 is 0.792 bits per heavy atom. The fourth-order valence-electron chi connectivity index (χ4n) is 2.26. The third-order valence-electron chi connectivity index (χ3n) is 3.32. The lowest BCUT2D eigenvalue weighted by Crippen LogP contribution is -2.41. The second-order valence-corrected chi connectivity index (χ2v) is 5.93. The first kappa shape index (κ1) is 16.3. The summed E-state index contributed by atoms with van der Waals surface area (Å²) in [6.45, 7) is 0. The van der Waals surface area contributed by atoms with E-state index in [2.05, 4.69) is 10.7 Å². The third kappa shape index (κ3) is 4.25. The van der Waals surface area contributed by atoms with Crippen LogP contribution in [0.5, 0.6) is 0 Å². The van der Waals surface area contributed by atoms with Crippen LogP contribution in [0.1, 0.15) is 0 Å². The zero-order valence-corrected chi connectivity index (χ0v) is 14.4. The molecule has 120 valence electrons. The van der Waals surface area contributed by atoms with Crippen molar-refractivity contribution in [2.24, 2.45) is 0 Å². The third-order valence-corrected chi connectivity index (χ3v) is 3.75. The Bertz CT molecular complexity index is 770. The molecular formula is C19H16ClN3S. The number of hydrogen-bond donors (Lipinski definition) is 2. The standard InChI is InChI=1S/C19H16ClN3S/c20-15-8-7-9-16(14-15)21-19(24)22-23(17-10-3-1-4-11-17)18-12-5-2-6-13-18/h1-14H,(H2,21,22,24). The number of hydrogen-bond acceptors (Lipinski definition) is 2. The SMILES string of the molecule is S=C(Nc1cccc(Cl)c1)NN(c1ccccc1)c1ccccc1. The number of nitrogens with zero attached hydrogens (tertiary/aromatic N) is 1. The Morgan fingerprint density at radius 2 is 1.38 bits per heavy atom. The summed E-state index contributed by atoms with van der Waals surface area (Å²) in [6, 6.07) is 27.4. The minimum Gasteiger partial charge on any atom is -0.331 e. The van der Waals surface area contributed by atoms with Gasteiger partial charge >= 0.3 is 0 Å². The van der Waals surface area contributed by atoms with Crippen molar-refractivity contribution in [1.82, 2.24) is 5.43 Å². The molecule has 3 aromatic rings. The van der Waals surface area contributed by atoms with Gasteiger partial charge in [-0.1, -0.05) is 54.1 Å². The number of thiocarbonyl (C=S) groups is 1. The van der Waals surface area contributed by atoms with Crippen LogP contribution in [0.4, 0.5) is 17.1 Å². The van der Waals surface area contributed by atoms with Gasteiger partial charge < -0.3 is 5.32 Å². The van der Waals surface area contributed by atoms with Gasteiger partial charge in [0.1, 0.15) is 0 Å². The van der Waals surface area contributed by atoms with Gasteiger partial charge in [0.05, 0.1) is 11.4 Å². The van der Waals surface area contributed by atoms with E-state index in [0.717, 1.165) is 17.1 Å². The maximum absolute atomic E-state index is 6.01. The minimum absolute atomic E-state index is 0.477. The molecule has 0 aromatic heterocycles. The zero-order valence-electron chi connectivity index (χ0n) is 12.8. The molecule has 3 rings (SSSR count). The van der Waals surface area contributed by atoms with Gasteiger partial charge in [-0.2, -0.15) is 0 Å². The molecule has 5 heteroatoms.